The van der Waals surface area contributed by atoms with Crippen molar-refractivity contribution in [1.29, 1.82) is 0 Å². The van der Waals surface area contributed by atoms with Gasteiger partial charge in [-0.2, -0.15) is 0 Å². The second-order valence-corrected chi connectivity index (χ2v) is 8.32. The maximum Gasteiger partial charge on any atom is 0.256 e. The van der Waals surface area contributed by atoms with Gasteiger partial charge in [-0.25, -0.2) is 32.6 Å². The molecule has 0 spiro atoms. The summed E-state index contributed by atoms with van der Waals surface area (Å²) in [4.78, 5) is 15.3. The summed E-state index contributed by atoms with van der Waals surface area (Å²) < 4.78 is 41.8. The summed E-state index contributed by atoms with van der Waals surface area (Å²) in [7, 11) is 0. The fourth-order valence-electron chi connectivity index (χ4n) is 4.45. The van der Waals surface area contributed by atoms with E-state index in [4.69, 9.17) is 0 Å². The average Bonchev–Trinajstić information content (AvgIpc) is 3.35. The lowest BCUT2D eigenvalue weighted by Crippen LogP contribution is -2.40. The molecule has 33 heavy (non-hydrogen) atoms. The summed E-state index contributed by atoms with van der Waals surface area (Å²) in [5, 5.41) is 7.96. The molecular formula is C22H25F3N8. The van der Waals surface area contributed by atoms with E-state index >= 15 is 0 Å². The number of pyridine rings is 1. The number of rotatable bonds is 7. The van der Waals surface area contributed by atoms with Crippen LogP contribution in [-0.4, -0.2) is 72.8 Å². The van der Waals surface area contributed by atoms with E-state index < -0.39 is 13.0 Å². The van der Waals surface area contributed by atoms with Crippen LogP contribution >= 0.6 is 0 Å². The largest absolute Gasteiger partial charge is 0.350 e. The second-order valence-electron chi connectivity index (χ2n) is 8.32. The van der Waals surface area contributed by atoms with Crippen molar-refractivity contribution in [2.75, 3.05) is 31.6 Å². The molecule has 0 amide bonds. The zero-order chi connectivity index (χ0) is 22.9. The Kier molecular flexibility index (Phi) is 5.88. The molecule has 5 rings (SSSR count). The van der Waals surface area contributed by atoms with Crippen molar-refractivity contribution < 1.29 is 13.2 Å². The number of hydrogen-bond donors (Lipinski definition) is 1. The second kappa shape index (κ2) is 8.97. The Morgan fingerprint density at radius 2 is 1.97 bits per heavy atom. The predicted molar refractivity (Wildman–Crippen MR) is 119 cm³/mol. The molecule has 174 valence electrons. The van der Waals surface area contributed by atoms with Gasteiger partial charge in [0, 0.05) is 49.2 Å². The van der Waals surface area contributed by atoms with Crippen LogP contribution in [0.15, 0.2) is 30.7 Å². The number of imidazole rings is 1. The summed E-state index contributed by atoms with van der Waals surface area (Å²) in [6, 6.07) is 3.99. The van der Waals surface area contributed by atoms with E-state index in [-0.39, 0.29) is 12.7 Å². The van der Waals surface area contributed by atoms with Crippen LogP contribution in [0, 0.1) is 6.92 Å². The molecule has 0 saturated carbocycles. The minimum atomic E-state index is -2.48. The molecule has 1 aliphatic heterocycles. The molecule has 5 heterocycles. The Morgan fingerprint density at radius 1 is 1.15 bits per heavy atom. The van der Waals surface area contributed by atoms with Gasteiger partial charge in [-0.15, -0.1) is 5.10 Å². The van der Waals surface area contributed by atoms with E-state index in [9.17, 15) is 13.2 Å². The van der Waals surface area contributed by atoms with Crippen LogP contribution in [0.3, 0.4) is 0 Å². The maximum atomic E-state index is 13.0. The smallest absolute Gasteiger partial charge is 0.256 e. The number of halogens is 3. The monoisotopic (exact) mass is 458 g/mol. The molecular weight excluding hydrogens is 433 g/mol. The molecule has 8 nitrogen and oxygen atoms in total. The zero-order valence-corrected chi connectivity index (χ0v) is 18.3. The fraction of sp³-hybridized carbons (Fsp3) is 0.455. The number of anilines is 1. The highest BCUT2D eigenvalue weighted by atomic mass is 19.3. The molecule has 11 heteroatoms. The lowest BCUT2D eigenvalue weighted by molar-refractivity contribution is 0.127. The Bertz CT molecular complexity index is 1260. The first-order chi connectivity index (χ1) is 16.0. The van der Waals surface area contributed by atoms with Gasteiger partial charge < -0.3 is 14.8 Å². The highest BCUT2D eigenvalue weighted by Crippen LogP contribution is 2.28. The molecule has 1 fully saturated rings. The summed E-state index contributed by atoms with van der Waals surface area (Å²) in [5.74, 6) is 1.04. The average molecular weight is 458 g/mol. The SMILES string of the molecule is Cc1nc2ncc(-c3ccn4nc(NC5CCN(CCF)CC5)ncc34)cc2n1CC(F)F. The highest BCUT2D eigenvalue weighted by Gasteiger charge is 2.20. The topological polar surface area (TPSA) is 76.2 Å². The molecule has 0 aromatic carbocycles. The third kappa shape index (κ3) is 4.37. The summed E-state index contributed by atoms with van der Waals surface area (Å²) in [5.41, 5.74) is 3.45. The Labute approximate surface area is 188 Å². The van der Waals surface area contributed by atoms with Gasteiger partial charge in [0.2, 0.25) is 5.95 Å². The van der Waals surface area contributed by atoms with Crippen molar-refractivity contribution >= 4 is 22.6 Å². The quantitative estimate of drug-likeness (QED) is 0.457. The number of likely N-dealkylation sites (tertiary alicyclic amines) is 1. The van der Waals surface area contributed by atoms with Crippen LogP contribution in [0.5, 0.6) is 0 Å². The van der Waals surface area contributed by atoms with Gasteiger partial charge in [0.05, 0.1) is 23.8 Å². The van der Waals surface area contributed by atoms with Crippen LogP contribution in [0.2, 0.25) is 0 Å². The number of nitrogens with zero attached hydrogens (tertiary/aromatic N) is 7. The Morgan fingerprint density at radius 3 is 2.73 bits per heavy atom. The summed E-state index contributed by atoms with van der Waals surface area (Å²) in [6.07, 6.45) is 4.62. The maximum absolute atomic E-state index is 13.0. The van der Waals surface area contributed by atoms with Crippen molar-refractivity contribution in [2.24, 2.45) is 0 Å². The molecule has 1 N–H and O–H groups in total. The van der Waals surface area contributed by atoms with Crippen LogP contribution < -0.4 is 5.32 Å². The van der Waals surface area contributed by atoms with Crippen LogP contribution in [0.1, 0.15) is 18.7 Å². The molecule has 1 saturated heterocycles. The van der Waals surface area contributed by atoms with Crippen molar-refractivity contribution in [3.05, 3.63) is 36.5 Å². The first-order valence-electron chi connectivity index (χ1n) is 11.0. The number of hydrogen-bond acceptors (Lipinski definition) is 6. The summed E-state index contributed by atoms with van der Waals surface area (Å²) in [6.45, 7) is 3.16. The van der Waals surface area contributed by atoms with Crippen molar-refractivity contribution in [2.45, 2.75) is 38.8 Å². The molecule has 4 aromatic rings. The van der Waals surface area contributed by atoms with Gasteiger partial charge in [-0.3, -0.25) is 0 Å². The van der Waals surface area contributed by atoms with E-state index in [1.165, 1.54) is 4.57 Å². The van der Waals surface area contributed by atoms with Crippen LogP contribution in [0.25, 0.3) is 27.8 Å². The van der Waals surface area contributed by atoms with E-state index in [0.717, 1.165) is 42.6 Å². The van der Waals surface area contributed by atoms with Gasteiger partial charge in [-0.05, 0) is 31.9 Å². The van der Waals surface area contributed by atoms with E-state index in [0.29, 0.717) is 29.5 Å². The first-order valence-corrected chi connectivity index (χ1v) is 11.0. The van der Waals surface area contributed by atoms with Gasteiger partial charge >= 0.3 is 0 Å². The summed E-state index contributed by atoms with van der Waals surface area (Å²) >= 11 is 0. The Hall–Kier alpha value is -3.21. The third-order valence-corrected chi connectivity index (χ3v) is 6.17. The first kappa shape index (κ1) is 21.6. The fourth-order valence-corrected chi connectivity index (χ4v) is 4.45. The highest BCUT2D eigenvalue weighted by molar-refractivity contribution is 5.85. The van der Waals surface area contributed by atoms with Crippen molar-refractivity contribution in [3.8, 4) is 11.1 Å². The zero-order valence-electron chi connectivity index (χ0n) is 18.3. The van der Waals surface area contributed by atoms with Gasteiger partial charge in [0.15, 0.2) is 5.65 Å². The third-order valence-electron chi connectivity index (χ3n) is 6.17. The minimum Gasteiger partial charge on any atom is -0.350 e. The van der Waals surface area contributed by atoms with Crippen molar-refractivity contribution in [3.63, 3.8) is 0 Å². The van der Waals surface area contributed by atoms with Gasteiger partial charge in [0.25, 0.3) is 6.43 Å². The molecule has 0 bridgehead atoms. The number of piperidine rings is 1. The van der Waals surface area contributed by atoms with Crippen LogP contribution in [0.4, 0.5) is 19.1 Å². The van der Waals surface area contributed by atoms with Crippen molar-refractivity contribution in [1.82, 2.24) is 34.0 Å². The van der Waals surface area contributed by atoms with E-state index in [1.807, 2.05) is 18.3 Å². The van der Waals surface area contributed by atoms with Gasteiger partial charge in [-0.1, -0.05) is 0 Å². The molecule has 0 radical (unpaired) electrons. The lowest BCUT2D eigenvalue weighted by Gasteiger charge is -2.31. The number of aryl methyl sites for hydroxylation is 1. The normalized spacial score (nSPS) is 15.8. The lowest BCUT2D eigenvalue weighted by atomic mass is 10.1. The van der Waals surface area contributed by atoms with Crippen LogP contribution in [-0.2, 0) is 6.54 Å². The molecule has 0 unspecified atom stereocenters. The molecule has 4 aromatic heterocycles. The molecule has 0 aliphatic carbocycles. The number of fused-ring (bicyclic) bond motifs is 2. The van der Waals surface area contributed by atoms with Gasteiger partial charge in [0.1, 0.15) is 12.5 Å². The predicted octanol–water partition coefficient (Wildman–Crippen LogP) is 3.56. The molecule has 1 aliphatic rings. The molecule has 0 atom stereocenters. The van der Waals surface area contributed by atoms with E-state index in [2.05, 4.69) is 30.3 Å². The number of aromatic nitrogens is 6. The Balaban J connectivity index is 1.38. The number of alkyl halides is 3. The minimum absolute atomic E-state index is 0.248. The number of nitrogens with one attached hydrogen (secondary N) is 1. The van der Waals surface area contributed by atoms with E-state index in [1.54, 1.807) is 23.8 Å². The standard InChI is InChI=1S/C22H25F3N8/c1-14-28-21-18(32(14)13-20(24)25)10-15(11-26-21)17-4-8-33-19(17)12-27-22(30-33)29-16-2-6-31(7-3-16)9-5-23/h4,8,10-12,16,20H,2-3,5-7,9,13H2,1H3,(H,29,30).